The molecule has 1 unspecified atom stereocenters. The Balaban J connectivity index is 1.64. The van der Waals surface area contributed by atoms with Crippen molar-refractivity contribution in [1.82, 2.24) is 24.1 Å². The van der Waals surface area contributed by atoms with Gasteiger partial charge in [0, 0.05) is 31.1 Å². The summed E-state index contributed by atoms with van der Waals surface area (Å²) in [6.07, 6.45) is 0.641. The van der Waals surface area contributed by atoms with Gasteiger partial charge in [-0.05, 0) is 49.5 Å². The smallest absolute Gasteiger partial charge is 0.264 e. The summed E-state index contributed by atoms with van der Waals surface area (Å²) in [7, 11) is 0. The molecule has 1 aliphatic rings. The van der Waals surface area contributed by atoms with Crippen LogP contribution in [0.2, 0.25) is 0 Å². The lowest BCUT2D eigenvalue weighted by Crippen LogP contribution is -2.51. The first-order chi connectivity index (χ1) is 17.5. The molecular formula is C28H31N5O2S. The molecule has 1 atom stereocenters. The van der Waals surface area contributed by atoms with E-state index in [0.717, 1.165) is 24.2 Å². The highest BCUT2D eigenvalue weighted by Crippen LogP contribution is 2.29. The van der Waals surface area contributed by atoms with Gasteiger partial charge in [0.05, 0.1) is 23.7 Å². The number of carbonyl (C=O) groups is 1. The van der Waals surface area contributed by atoms with Crippen molar-refractivity contribution in [2.24, 2.45) is 5.92 Å². The second-order valence-corrected chi connectivity index (χ2v) is 10.3. The first kappa shape index (κ1) is 24.3. The van der Waals surface area contributed by atoms with E-state index in [1.165, 1.54) is 11.5 Å². The van der Waals surface area contributed by atoms with Crippen LogP contribution in [-0.2, 0) is 6.54 Å². The van der Waals surface area contributed by atoms with E-state index in [-0.39, 0.29) is 17.5 Å². The Kier molecular flexibility index (Phi) is 6.98. The Labute approximate surface area is 215 Å². The van der Waals surface area contributed by atoms with Crippen LogP contribution < -0.4 is 10.9 Å². The van der Waals surface area contributed by atoms with Crippen molar-refractivity contribution < 1.29 is 4.79 Å². The van der Waals surface area contributed by atoms with Gasteiger partial charge in [-0.3, -0.25) is 14.2 Å². The molecule has 0 saturated carbocycles. The van der Waals surface area contributed by atoms with Gasteiger partial charge in [-0.1, -0.05) is 55.0 Å². The summed E-state index contributed by atoms with van der Waals surface area (Å²) in [5.41, 5.74) is 3.37. The number of hydrogen-bond donors (Lipinski definition) is 1. The van der Waals surface area contributed by atoms with Crippen LogP contribution in [0.4, 0.5) is 0 Å². The SMILES string of the molecule is CCC(c1nc2snc(C)c2c(=O)n1Cc1ccccc1)N(CC1CNC1)C(=O)c1ccc(C)cc1. The van der Waals surface area contributed by atoms with Crippen LogP contribution in [0.3, 0.4) is 0 Å². The largest absolute Gasteiger partial charge is 0.328 e. The molecule has 0 bridgehead atoms. The fourth-order valence-corrected chi connectivity index (χ4v) is 5.54. The van der Waals surface area contributed by atoms with E-state index >= 15 is 0 Å². The van der Waals surface area contributed by atoms with Crippen LogP contribution in [0.25, 0.3) is 10.2 Å². The van der Waals surface area contributed by atoms with Crippen molar-refractivity contribution in [3.05, 3.63) is 93.2 Å². The molecule has 0 spiro atoms. The van der Waals surface area contributed by atoms with E-state index in [2.05, 4.69) is 16.6 Å². The summed E-state index contributed by atoms with van der Waals surface area (Å²) >= 11 is 1.24. The van der Waals surface area contributed by atoms with Crippen LogP contribution in [0.5, 0.6) is 0 Å². The number of amides is 1. The highest BCUT2D eigenvalue weighted by atomic mass is 32.1. The van der Waals surface area contributed by atoms with Gasteiger partial charge < -0.3 is 10.2 Å². The Bertz CT molecular complexity index is 1420. The fourth-order valence-electron chi connectivity index (χ4n) is 4.77. The van der Waals surface area contributed by atoms with Crippen LogP contribution in [0.1, 0.15) is 52.4 Å². The average molecular weight is 502 g/mol. The number of fused-ring (bicyclic) bond motifs is 1. The molecule has 0 radical (unpaired) electrons. The molecule has 2 aromatic heterocycles. The van der Waals surface area contributed by atoms with Crippen LogP contribution in [0.15, 0.2) is 59.4 Å². The predicted octanol–water partition coefficient (Wildman–Crippen LogP) is 4.33. The Morgan fingerprint density at radius 1 is 1.14 bits per heavy atom. The van der Waals surface area contributed by atoms with E-state index < -0.39 is 0 Å². The van der Waals surface area contributed by atoms with Crippen LogP contribution in [0, 0.1) is 19.8 Å². The monoisotopic (exact) mass is 501 g/mol. The number of nitrogens with one attached hydrogen (secondary N) is 1. The maximum absolute atomic E-state index is 13.9. The molecule has 3 heterocycles. The minimum Gasteiger partial charge on any atom is -0.328 e. The van der Waals surface area contributed by atoms with Gasteiger partial charge in [-0.15, -0.1) is 0 Å². The number of aromatic nitrogens is 3. The van der Waals surface area contributed by atoms with Gasteiger partial charge in [0.15, 0.2) is 4.83 Å². The highest BCUT2D eigenvalue weighted by molar-refractivity contribution is 7.12. The number of nitrogens with zero attached hydrogens (tertiary/aromatic N) is 4. The van der Waals surface area contributed by atoms with Gasteiger partial charge in [-0.2, -0.15) is 4.37 Å². The van der Waals surface area contributed by atoms with Crippen molar-refractivity contribution in [3.8, 4) is 0 Å². The van der Waals surface area contributed by atoms with Gasteiger partial charge >= 0.3 is 0 Å². The third kappa shape index (κ3) is 4.70. The molecule has 1 aliphatic heterocycles. The first-order valence-electron chi connectivity index (χ1n) is 12.4. The third-order valence-corrected chi connectivity index (χ3v) is 7.75. The van der Waals surface area contributed by atoms with Crippen molar-refractivity contribution in [2.75, 3.05) is 19.6 Å². The van der Waals surface area contributed by atoms with E-state index in [0.29, 0.717) is 52.7 Å². The van der Waals surface area contributed by atoms with Gasteiger partial charge in [-0.25, -0.2) is 4.98 Å². The van der Waals surface area contributed by atoms with Crippen molar-refractivity contribution in [3.63, 3.8) is 0 Å². The fraction of sp³-hybridized carbons (Fsp3) is 0.357. The predicted molar refractivity (Wildman–Crippen MR) is 144 cm³/mol. The molecule has 7 nitrogen and oxygen atoms in total. The molecule has 4 aromatic rings. The molecule has 8 heteroatoms. The second-order valence-electron chi connectivity index (χ2n) is 9.57. The lowest BCUT2D eigenvalue weighted by Gasteiger charge is -2.38. The molecule has 1 amide bonds. The molecule has 1 saturated heterocycles. The van der Waals surface area contributed by atoms with E-state index in [1.54, 1.807) is 4.57 Å². The lowest BCUT2D eigenvalue weighted by atomic mass is 9.99. The maximum Gasteiger partial charge on any atom is 0.264 e. The summed E-state index contributed by atoms with van der Waals surface area (Å²) in [5.74, 6) is 0.960. The summed E-state index contributed by atoms with van der Waals surface area (Å²) in [5, 5.41) is 3.88. The topological polar surface area (TPSA) is 80.1 Å². The molecule has 1 N–H and O–H groups in total. The lowest BCUT2D eigenvalue weighted by molar-refractivity contribution is 0.0589. The maximum atomic E-state index is 13.9. The standard InChI is InChI=1S/C28H31N5O2S/c1-4-23(32(17-21-14-29-15-21)27(34)22-12-10-18(2)11-13-22)25-30-26-24(19(3)31-36-26)28(35)33(25)16-20-8-6-5-7-9-20/h5-13,21,23,29H,4,14-17H2,1-3H3. The molecule has 0 aliphatic carbocycles. The first-order valence-corrected chi connectivity index (χ1v) is 13.2. The minimum atomic E-state index is -0.345. The summed E-state index contributed by atoms with van der Waals surface area (Å²) in [4.78, 5) is 35.3. The summed E-state index contributed by atoms with van der Waals surface area (Å²) < 4.78 is 6.17. The van der Waals surface area contributed by atoms with E-state index in [1.807, 2.05) is 73.3 Å². The molecule has 1 fully saturated rings. The normalized spacial score (nSPS) is 14.5. The Morgan fingerprint density at radius 2 is 1.86 bits per heavy atom. The second kappa shape index (κ2) is 10.3. The van der Waals surface area contributed by atoms with Gasteiger partial charge in [0.25, 0.3) is 11.5 Å². The number of benzene rings is 2. The zero-order valence-electron chi connectivity index (χ0n) is 20.9. The minimum absolute atomic E-state index is 0.0326. The molecule has 2 aromatic carbocycles. The zero-order valence-corrected chi connectivity index (χ0v) is 21.7. The molecule has 5 rings (SSSR count). The molecule has 186 valence electrons. The van der Waals surface area contributed by atoms with Crippen LogP contribution in [-0.4, -0.2) is 44.4 Å². The quantitative estimate of drug-likeness (QED) is 0.389. The zero-order chi connectivity index (χ0) is 25.2. The number of rotatable bonds is 8. The highest BCUT2D eigenvalue weighted by Gasteiger charge is 2.33. The molecule has 36 heavy (non-hydrogen) atoms. The number of aryl methyl sites for hydroxylation is 2. The van der Waals surface area contributed by atoms with Crippen LogP contribution >= 0.6 is 11.5 Å². The summed E-state index contributed by atoms with van der Waals surface area (Å²) in [6, 6.07) is 17.3. The average Bonchev–Trinajstić information content (AvgIpc) is 3.23. The van der Waals surface area contributed by atoms with Gasteiger partial charge in [0.1, 0.15) is 5.82 Å². The molecular weight excluding hydrogens is 470 g/mol. The van der Waals surface area contributed by atoms with Crippen molar-refractivity contribution in [2.45, 2.75) is 39.8 Å². The Morgan fingerprint density at radius 3 is 2.50 bits per heavy atom. The van der Waals surface area contributed by atoms with E-state index in [9.17, 15) is 9.59 Å². The van der Waals surface area contributed by atoms with E-state index in [4.69, 9.17) is 4.98 Å². The number of hydrogen-bond acceptors (Lipinski definition) is 6. The third-order valence-electron chi connectivity index (χ3n) is 6.92. The van der Waals surface area contributed by atoms with Crippen molar-refractivity contribution in [1.29, 1.82) is 0 Å². The summed E-state index contributed by atoms with van der Waals surface area (Å²) in [6.45, 7) is 8.68. The Hall–Kier alpha value is -3.36. The number of carbonyl (C=O) groups excluding carboxylic acids is 1. The van der Waals surface area contributed by atoms with Crippen molar-refractivity contribution >= 4 is 27.7 Å². The van der Waals surface area contributed by atoms with Gasteiger partial charge in [0.2, 0.25) is 0 Å².